The number of hydrogen-bond donors (Lipinski definition) is 0. The van der Waals surface area contributed by atoms with E-state index in [9.17, 15) is 4.79 Å². The van der Waals surface area contributed by atoms with Crippen LogP contribution in [0.25, 0.3) is 16.7 Å². The minimum atomic E-state index is -0.0661. The molecule has 130 valence electrons. The van der Waals surface area contributed by atoms with Gasteiger partial charge in [-0.05, 0) is 43.2 Å². The molecular weight excluding hydrogens is 348 g/mol. The molecule has 0 aliphatic heterocycles. The Hall–Kier alpha value is -2.92. The van der Waals surface area contributed by atoms with E-state index in [4.69, 9.17) is 11.6 Å². The highest BCUT2D eigenvalue weighted by molar-refractivity contribution is 6.30. The van der Waals surface area contributed by atoms with Crippen molar-refractivity contribution in [1.82, 2.24) is 19.3 Å². The Balaban J connectivity index is 1.73. The van der Waals surface area contributed by atoms with Gasteiger partial charge in [0.05, 0.1) is 11.9 Å². The zero-order valence-corrected chi connectivity index (χ0v) is 15.0. The normalized spacial score (nSPS) is 11.2. The van der Waals surface area contributed by atoms with Crippen LogP contribution < -0.4 is 5.56 Å². The SMILES string of the molecule is Cc1nc2c(cnn2-c2ccc(Cl)cc2)c(=O)n1CCc1ccccc1. The second kappa shape index (κ2) is 6.77. The fourth-order valence-electron chi connectivity index (χ4n) is 3.03. The number of aryl methyl sites for hydroxylation is 2. The Labute approximate surface area is 155 Å². The van der Waals surface area contributed by atoms with Crippen LogP contribution in [-0.2, 0) is 13.0 Å². The van der Waals surface area contributed by atoms with Crippen LogP contribution in [0.1, 0.15) is 11.4 Å². The van der Waals surface area contributed by atoms with Gasteiger partial charge in [0, 0.05) is 11.6 Å². The molecule has 4 aromatic rings. The summed E-state index contributed by atoms with van der Waals surface area (Å²) in [6.45, 7) is 2.44. The third-order valence-corrected chi connectivity index (χ3v) is 4.67. The molecule has 0 spiro atoms. The van der Waals surface area contributed by atoms with E-state index < -0.39 is 0 Å². The molecule has 6 heteroatoms. The van der Waals surface area contributed by atoms with Crippen molar-refractivity contribution in [2.75, 3.05) is 0 Å². The Morgan fingerprint density at radius 1 is 1.04 bits per heavy atom. The Morgan fingerprint density at radius 2 is 1.77 bits per heavy atom. The summed E-state index contributed by atoms with van der Waals surface area (Å²) >= 11 is 5.95. The molecule has 0 unspecified atom stereocenters. The summed E-state index contributed by atoms with van der Waals surface area (Å²) in [5, 5.41) is 5.52. The first kappa shape index (κ1) is 16.5. The Kier molecular flexibility index (Phi) is 4.31. The second-order valence-corrected chi connectivity index (χ2v) is 6.56. The third kappa shape index (κ3) is 3.02. The van der Waals surface area contributed by atoms with Gasteiger partial charge in [-0.15, -0.1) is 0 Å². The lowest BCUT2D eigenvalue weighted by Gasteiger charge is -2.10. The number of halogens is 1. The van der Waals surface area contributed by atoms with E-state index in [1.54, 1.807) is 27.6 Å². The van der Waals surface area contributed by atoms with Crippen molar-refractivity contribution in [3.8, 4) is 5.69 Å². The highest BCUT2D eigenvalue weighted by Gasteiger charge is 2.14. The fraction of sp³-hybridized carbons (Fsp3) is 0.150. The quantitative estimate of drug-likeness (QED) is 0.553. The van der Waals surface area contributed by atoms with Crippen LogP contribution in [0.15, 0.2) is 65.6 Å². The van der Waals surface area contributed by atoms with E-state index in [-0.39, 0.29) is 5.56 Å². The van der Waals surface area contributed by atoms with Gasteiger partial charge in [0.25, 0.3) is 5.56 Å². The summed E-state index contributed by atoms with van der Waals surface area (Å²) in [7, 11) is 0. The molecule has 0 fully saturated rings. The van der Waals surface area contributed by atoms with Gasteiger partial charge in [-0.2, -0.15) is 5.10 Å². The summed E-state index contributed by atoms with van der Waals surface area (Å²) in [5.74, 6) is 0.675. The highest BCUT2D eigenvalue weighted by Crippen LogP contribution is 2.17. The van der Waals surface area contributed by atoms with E-state index in [2.05, 4.69) is 22.2 Å². The molecule has 0 aliphatic rings. The molecule has 0 saturated heterocycles. The van der Waals surface area contributed by atoms with E-state index in [0.29, 0.717) is 28.4 Å². The van der Waals surface area contributed by atoms with E-state index in [1.807, 2.05) is 37.3 Å². The first-order chi connectivity index (χ1) is 12.6. The first-order valence-electron chi connectivity index (χ1n) is 8.38. The molecular formula is C20H17ClN4O. The van der Waals surface area contributed by atoms with Crippen molar-refractivity contribution in [1.29, 1.82) is 0 Å². The van der Waals surface area contributed by atoms with Crippen LogP contribution >= 0.6 is 11.6 Å². The zero-order chi connectivity index (χ0) is 18.1. The maximum absolute atomic E-state index is 12.9. The van der Waals surface area contributed by atoms with Gasteiger partial charge in [0.2, 0.25) is 0 Å². The zero-order valence-electron chi connectivity index (χ0n) is 14.3. The molecule has 4 rings (SSSR count). The molecule has 0 aliphatic carbocycles. The topological polar surface area (TPSA) is 52.7 Å². The summed E-state index contributed by atoms with van der Waals surface area (Å²) < 4.78 is 3.38. The molecule has 2 aromatic carbocycles. The van der Waals surface area contributed by atoms with E-state index in [1.165, 1.54) is 5.56 Å². The second-order valence-electron chi connectivity index (χ2n) is 6.12. The van der Waals surface area contributed by atoms with Crippen molar-refractivity contribution in [2.24, 2.45) is 0 Å². The van der Waals surface area contributed by atoms with Crippen LogP contribution in [-0.4, -0.2) is 19.3 Å². The number of aromatic nitrogens is 4. The van der Waals surface area contributed by atoms with Crippen LogP contribution in [0.2, 0.25) is 5.02 Å². The lowest BCUT2D eigenvalue weighted by Crippen LogP contribution is -2.24. The predicted molar refractivity (Wildman–Crippen MR) is 103 cm³/mol. The maximum Gasteiger partial charge on any atom is 0.264 e. The summed E-state index contributed by atoms with van der Waals surface area (Å²) in [5.41, 5.74) is 2.50. The average molecular weight is 365 g/mol. The average Bonchev–Trinajstić information content (AvgIpc) is 3.07. The third-order valence-electron chi connectivity index (χ3n) is 4.42. The molecule has 0 N–H and O–H groups in total. The van der Waals surface area contributed by atoms with Gasteiger partial charge in [-0.1, -0.05) is 41.9 Å². The largest absolute Gasteiger partial charge is 0.296 e. The van der Waals surface area contributed by atoms with Crippen molar-refractivity contribution in [3.05, 3.63) is 87.6 Å². The Bertz CT molecular complexity index is 1110. The maximum atomic E-state index is 12.9. The van der Waals surface area contributed by atoms with Crippen molar-refractivity contribution >= 4 is 22.6 Å². The van der Waals surface area contributed by atoms with Gasteiger partial charge in [0.15, 0.2) is 5.65 Å². The number of fused-ring (bicyclic) bond motifs is 1. The van der Waals surface area contributed by atoms with Gasteiger partial charge in [-0.25, -0.2) is 9.67 Å². The molecule has 0 atom stereocenters. The summed E-state index contributed by atoms with van der Waals surface area (Å²) in [4.78, 5) is 17.6. The van der Waals surface area contributed by atoms with Gasteiger partial charge in [0.1, 0.15) is 11.2 Å². The van der Waals surface area contributed by atoms with E-state index in [0.717, 1.165) is 12.1 Å². The lowest BCUT2D eigenvalue weighted by molar-refractivity contribution is 0.637. The summed E-state index contributed by atoms with van der Waals surface area (Å²) in [6.07, 6.45) is 2.36. The predicted octanol–water partition coefficient (Wildman–Crippen LogP) is 3.79. The molecule has 0 saturated carbocycles. The first-order valence-corrected chi connectivity index (χ1v) is 8.76. The highest BCUT2D eigenvalue weighted by atomic mass is 35.5. The number of benzene rings is 2. The van der Waals surface area contributed by atoms with Crippen molar-refractivity contribution < 1.29 is 0 Å². The standard InChI is InChI=1S/C20H17ClN4O/c1-14-23-19-18(13-22-25(19)17-9-7-16(21)8-10-17)20(26)24(14)12-11-15-5-3-2-4-6-15/h2-10,13H,11-12H2,1H3. The van der Waals surface area contributed by atoms with Crippen LogP contribution in [0, 0.1) is 6.92 Å². The van der Waals surface area contributed by atoms with Gasteiger partial charge < -0.3 is 0 Å². The minimum absolute atomic E-state index is 0.0661. The van der Waals surface area contributed by atoms with E-state index >= 15 is 0 Å². The van der Waals surface area contributed by atoms with Crippen LogP contribution in [0.3, 0.4) is 0 Å². The fourth-order valence-corrected chi connectivity index (χ4v) is 3.15. The molecule has 0 amide bonds. The molecule has 26 heavy (non-hydrogen) atoms. The van der Waals surface area contributed by atoms with Crippen molar-refractivity contribution in [3.63, 3.8) is 0 Å². The lowest BCUT2D eigenvalue weighted by atomic mass is 10.1. The van der Waals surface area contributed by atoms with Gasteiger partial charge in [-0.3, -0.25) is 9.36 Å². The van der Waals surface area contributed by atoms with Crippen molar-refractivity contribution in [2.45, 2.75) is 19.9 Å². The Morgan fingerprint density at radius 3 is 2.50 bits per heavy atom. The van der Waals surface area contributed by atoms with Crippen LogP contribution in [0.4, 0.5) is 0 Å². The smallest absolute Gasteiger partial charge is 0.264 e. The molecule has 5 nitrogen and oxygen atoms in total. The molecule has 2 aromatic heterocycles. The minimum Gasteiger partial charge on any atom is -0.296 e. The monoisotopic (exact) mass is 364 g/mol. The van der Waals surface area contributed by atoms with Gasteiger partial charge >= 0.3 is 0 Å². The van der Waals surface area contributed by atoms with Crippen LogP contribution in [0.5, 0.6) is 0 Å². The molecule has 0 bridgehead atoms. The summed E-state index contributed by atoms with van der Waals surface area (Å²) in [6, 6.07) is 17.4. The number of hydrogen-bond acceptors (Lipinski definition) is 3. The number of nitrogens with zero attached hydrogens (tertiary/aromatic N) is 4. The molecule has 2 heterocycles. The molecule has 0 radical (unpaired) electrons. The number of rotatable bonds is 4.